The number of nitrogens with one attached hydrogen (secondary N) is 1. The van der Waals surface area contributed by atoms with Gasteiger partial charge in [0.1, 0.15) is 5.75 Å². The van der Waals surface area contributed by atoms with Gasteiger partial charge in [0.2, 0.25) is 5.91 Å². The van der Waals surface area contributed by atoms with Crippen LogP contribution in [0.4, 0.5) is 18.9 Å². The molecule has 1 spiro atoms. The summed E-state index contributed by atoms with van der Waals surface area (Å²) in [6.45, 7) is 1.84. The molecule has 1 aliphatic carbocycles. The molecule has 1 unspecified atom stereocenters. The molecule has 4 nitrogen and oxygen atoms in total. The van der Waals surface area contributed by atoms with Gasteiger partial charge in [-0.2, -0.15) is 0 Å². The number of rotatable bonds is 3. The third-order valence-electron chi connectivity index (χ3n) is 4.86. The third-order valence-corrected chi connectivity index (χ3v) is 4.86. The Balaban J connectivity index is 0.00000208. The van der Waals surface area contributed by atoms with E-state index >= 15 is 0 Å². The monoisotopic (exact) mass is 364 g/mol. The van der Waals surface area contributed by atoms with Crippen LogP contribution >= 0.6 is 12.4 Å². The van der Waals surface area contributed by atoms with Crippen molar-refractivity contribution in [2.24, 2.45) is 11.3 Å². The second-order valence-electron chi connectivity index (χ2n) is 6.31. The summed E-state index contributed by atoms with van der Waals surface area (Å²) in [6.07, 6.45) is -1.91. The van der Waals surface area contributed by atoms with Crippen LogP contribution in [-0.4, -0.2) is 32.4 Å². The van der Waals surface area contributed by atoms with Crippen molar-refractivity contribution < 1.29 is 22.7 Å². The molecule has 134 valence electrons. The van der Waals surface area contributed by atoms with Crippen LogP contribution in [0.2, 0.25) is 0 Å². The number of ether oxygens (including phenoxy) is 1. The first-order valence-corrected chi connectivity index (χ1v) is 7.65. The van der Waals surface area contributed by atoms with Crippen molar-refractivity contribution in [3.8, 4) is 5.75 Å². The number of halogens is 4. The van der Waals surface area contributed by atoms with Gasteiger partial charge in [0.05, 0.1) is 0 Å². The summed E-state index contributed by atoms with van der Waals surface area (Å²) in [7, 11) is 1.60. The molecule has 8 heteroatoms. The summed E-state index contributed by atoms with van der Waals surface area (Å²) in [5.74, 6) is -0.375. The van der Waals surface area contributed by atoms with Crippen LogP contribution in [0, 0.1) is 11.3 Å². The normalized spacial score (nSPS) is 21.8. The second-order valence-corrected chi connectivity index (χ2v) is 6.31. The highest BCUT2D eigenvalue weighted by atomic mass is 35.5. The minimum Gasteiger partial charge on any atom is -0.406 e. The lowest BCUT2D eigenvalue weighted by Crippen LogP contribution is -2.34. The maximum atomic E-state index is 12.6. The van der Waals surface area contributed by atoms with Crippen LogP contribution in [-0.2, 0) is 4.79 Å². The minimum absolute atomic E-state index is 0. The zero-order valence-corrected chi connectivity index (χ0v) is 14.0. The summed E-state index contributed by atoms with van der Waals surface area (Å²) in [5, 5.41) is 3.28. The number of alkyl halides is 3. The Kier molecular flexibility index (Phi) is 5.34. The van der Waals surface area contributed by atoms with E-state index in [0.717, 1.165) is 32.4 Å². The van der Waals surface area contributed by atoms with E-state index in [1.165, 1.54) is 23.1 Å². The summed E-state index contributed by atoms with van der Waals surface area (Å²) in [5.41, 5.74) is 0.504. The zero-order chi connectivity index (χ0) is 16.7. The lowest BCUT2D eigenvalue weighted by molar-refractivity contribution is -0.274. The topological polar surface area (TPSA) is 41.6 Å². The molecular weight excluding hydrogens is 345 g/mol. The summed E-state index contributed by atoms with van der Waals surface area (Å²) < 4.78 is 40.8. The van der Waals surface area contributed by atoms with E-state index in [4.69, 9.17) is 0 Å². The van der Waals surface area contributed by atoms with Gasteiger partial charge in [0.15, 0.2) is 0 Å². The molecule has 1 atom stereocenters. The summed E-state index contributed by atoms with van der Waals surface area (Å²) >= 11 is 0. The van der Waals surface area contributed by atoms with Gasteiger partial charge in [-0.15, -0.1) is 25.6 Å². The highest BCUT2D eigenvalue weighted by Gasteiger charge is 2.58. The van der Waals surface area contributed by atoms with Gasteiger partial charge in [-0.05, 0) is 49.9 Å². The van der Waals surface area contributed by atoms with Crippen LogP contribution < -0.4 is 15.0 Å². The number of carbonyl (C=O) groups is 1. The lowest BCUT2D eigenvalue weighted by Gasteiger charge is -2.25. The fourth-order valence-electron chi connectivity index (χ4n) is 3.42. The molecule has 24 heavy (non-hydrogen) atoms. The molecule has 0 bridgehead atoms. The number of nitrogens with zero attached hydrogens (tertiary/aromatic N) is 1. The number of hydrogen-bond acceptors (Lipinski definition) is 3. The van der Waals surface area contributed by atoms with Crippen molar-refractivity contribution in [3.63, 3.8) is 0 Å². The lowest BCUT2D eigenvalue weighted by atomic mass is 9.91. The molecule has 3 rings (SSSR count). The molecule has 1 aliphatic heterocycles. The number of carbonyl (C=O) groups excluding carboxylic acids is 1. The first-order valence-electron chi connectivity index (χ1n) is 7.65. The second kappa shape index (κ2) is 6.80. The molecular formula is C16H20ClF3N2O2. The van der Waals surface area contributed by atoms with E-state index in [0.29, 0.717) is 5.69 Å². The van der Waals surface area contributed by atoms with Crippen molar-refractivity contribution in [2.45, 2.75) is 25.6 Å². The maximum Gasteiger partial charge on any atom is 0.573 e. The van der Waals surface area contributed by atoms with Crippen molar-refractivity contribution >= 4 is 24.0 Å². The Morgan fingerprint density at radius 2 is 2.00 bits per heavy atom. The van der Waals surface area contributed by atoms with Crippen LogP contribution in [0.15, 0.2) is 24.3 Å². The smallest absolute Gasteiger partial charge is 0.406 e. The minimum atomic E-state index is -4.74. The Morgan fingerprint density at radius 1 is 1.33 bits per heavy atom. The number of benzene rings is 1. The van der Waals surface area contributed by atoms with Gasteiger partial charge >= 0.3 is 6.36 Å². The third kappa shape index (κ3) is 3.95. The highest BCUT2D eigenvalue weighted by Crippen LogP contribution is 2.59. The average Bonchev–Trinajstić information content (AvgIpc) is 3.18. The van der Waals surface area contributed by atoms with Gasteiger partial charge in [0, 0.05) is 24.7 Å². The molecule has 0 aromatic heterocycles. The molecule has 0 radical (unpaired) electrons. The Labute approximate surface area is 144 Å². The molecule has 1 amide bonds. The van der Waals surface area contributed by atoms with Gasteiger partial charge in [-0.1, -0.05) is 6.07 Å². The predicted octanol–water partition coefficient (Wildman–Crippen LogP) is 3.36. The average molecular weight is 365 g/mol. The molecule has 1 aromatic rings. The van der Waals surface area contributed by atoms with E-state index in [2.05, 4.69) is 10.1 Å². The van der Waals surface area contributed by atoms with Gasteiger partial charge in [-0.25, -0.2) is 0 Å². The van der Waals surface area contributed by atoms with Crippen molar-refractivity contribution in [3.05, 3.63) is 24.3 Å². The molecule has 1 heterocycles. The quantitative estimate of drug-likeness (QED) is 0.894. The molecule has 1 aromatic carbocycles. The fraction of sp³-hybridized carbons (Fsp3) is 0.562. The number of hydrogen-bond donors (Lipinski definition) is 1. The van der Waals surface area contributed by atoms with Crippen molar-refractivity contribution in [1.29, 1.82) is 0 Å². The first kappa shape index (κ1) is 18.9. The van der Waals surface area contributed by atoms with E-state index in [1.54, 1.807) is 13.1 Å². The van der Waals surface area contributed by atoms with Gasteiger partial charge in [-0.3, -0.25) is 4.79 Å². The molecule has 2 aliphatic rings. The number of anilines is 1. The van der Waals surface area contributed by atoms with Gasteiger partial charge in [0.25, 0.3) is 0 Å². The maximum absolute atomic E-state index is 12.6. The molecule has 1 saturated heterocycles. The predicted molar refractivity (Wildman–Crippen MR) is 86.4 cm³/mol. The molecule has 1 saturated carbocycles. The number of piperidine rings is 1. The largest absolute Gasteiger partial charge is 0.573 e. The first-order chi connectivity index (χ1) is 10.8. The standard InChI is InChI=1S/C16H19F3N2O2.ClH/c1-21(11-3-2-4-12(9-11)23-16(17,18)19)14(22)13-10-15(13)5-7-20-8-6-15;/h2-4,9,13,20H,5-8,10H2,1H3;1H. The Bertz CT molecular complexity index is 603. The SMILES string of the molecule is CN(C(=O)C1CC12CCNCC2)c1cccc(OC(F)(F)F)c1.Cl. The van der Waals surface area contributed by atoms with E-state index in [1.807, 2.05) is 0 Å². The summed E-state index contributed by atoms with van der Waals surface area (Å²) in [6, 6.07) is 5.52. The van der Waals surface area contributed by atoms with Crippen LogP contribution in [0.3, 0.4) is 0 Å². The van der Waals surface area contributed by atoms with Crippen LogP contribution in [0.25, 0.3) is 0 Å². The molecule has 1 N–H and O–H groups in total. The van der Waals surface area contributed by atoms with E-state index in [9.17, 15) is 18.0 Å². The van der Waals surface area contributed by atoms with Crippen molar-refractivity contribution in [1.82, 2.24) is 5.32 Å². The Morgan fingerprint density at radius 3 is 2.62 bits per heavy atom. The van der Waals surface area contributed by atoms with Gasteiger partial charge < -0.3 is 15.0 Å². The highest BCUT2D eigenvalue weighted by molar-refractivity contribution is 5.97. The van der Waals surface area contributed by atoms with Crippen LogP contribution in [0.5, 0.6) is 5.75 Å². The van der Waals surface area contributed by atoms with Crippen LogP contribution in [0.1, 0.15) is 19.3 Å². The zero-order valence-electron chi connectivity index (χ0n) is 13.2. The molecule has 2 fully saturated rings. The van der Waals surface area contributed by atoms with E-state index < -0.39 is 6.36 Å². The Hall–Kier alpha value is -1.47. The number of amides is 1. The van der Waals surface area contributed by atoms with Crippen molar-refractivity contribution in [2.75, 3.05) is 25.0 Å². The van der Waals surface area contributed by atoms with E-state index in [-0.39, 0.29) is 35.4 Å². The fourth-order valence-corrected chi connectivity index (χ4v) is 3.42. The summed E-state index contributed by atoms with van der Waals surface area (Å²) in [4.78, 5) is 14.1.